The van der Waals surface area contributed by atoms with Crippen LogP contribution in [0.25, 0.3) is 11.4 Å². The maximum Gasteiger partial charge on any atom is 0.249 e. The molecule has 1 aromatic carbocycles. The summed E-state index contributed by atoms with van der Waals surface area (Å²) in [7, 11) is 0. The highest BCUT2D eigenvalue weighted by Crippen LogP contribution is 2.32. The van der Waals surface area contributed by atoms with Crippen LogP contribution in [0.1, 0.15) is 70.2 Å². The predicted octanol–water partition coefficient (Wildman–Crippen LogP) is 5.07. The summed E-state index contributed by atoms with van der Waals surface area (Å²) in [6, 6.07) is 4.50. The summed E-state index contributed by atoms with van der Waals surface area (Å²) in [5.41, 5.74) is 6.14. The summed E-state index contributed by atoms with van der Waals surface area (Å²) in [6.45, 7) is 3.40. The number of rotatable bonds is 10. The zero-order chi connectivity index (χ0) is 20.6. The normalized spacial score (nSPS) is 15.8. The fourth-order valence-corrected chi connectivity index (χ4v) is 3.62. The molecule has 0 aliphatic carbocycles. The number of hydrogen-bond donors (Lipinski definition) is 2. The van der Waals surface area contributed by atoms with E-state index in [0.717, 1.165) is 25.7 Å². The number of benzene rings is 1. The Bertz CT molecular complexity index is 816. The fourth-order valence-electron chi connectivity index (χ4n) is 3.62. The van der Waals surface area contributed by atoms with E-state index in [4.69, 9.17) is 20.4 Å². The van der Waals surface area contributed by atoms with E-state index in [1.54, 1.807) is 17.0 Å². The Morgan fingerprint density at radius 2 is 2.07 bits per heavy atom. The lowest BCUT2D eigenvalue weighted by Crippen LogP contribution is -2.35. The summed E-state index contributed by atoms with van der Waals surface area (Å²) in [5.74, 6) is 0.508. The number of nitrogens with two attached hydrogens (primary N) is 1. The first-order valence-corrected chi connectivity index (χ1v) is 10.5. The molecule has 2 heterocycles. The summed E-state index contributed by atoms with van der Waals surface area (Å²) in [5, 5.41) is 11.6. The van der Waals surface area contributed by atoms with Crippen LogP contribution in [0.4, 0.5) is 4.39 Å². The van der Waals surface area contributed by atoms with Crippen LogP contribution in [0, 0.1) is 11.2 Å². The molecule has 3 N–H and O–H groups in total. The number of guanidine groups is 1. The molecule has 2 aromatic rings. The minimum absolute atomic E-state index is 0. The number of nitrogens with zero attached hydrogens (tertiary/aromatic N) is 3. The Morgan fingerprint density at radius 1 is 1.30 bits per heavy atom. The minimum Gasteiger partial charge on any atom is -0.491 e. The van der Waals surface area contributed by atoms with E-state index < -0.39 is 5.82 Å². The highest BCUT2D eigenvalue weighted by Gasteiger charge is 2.31. The molecule has 1 atom stereocenters. The number of ether oxygens (including phenoxy) is 1. The Labute approximate surface area is 183 Å². The van der Waals surface area contributed by atoms with Gasteiger partial charge in [0.05, 0.1) is 6.61 Å². The molecule has 166 valence electrons. The number of hydrogen-bond acceptors (Lipinski definition) is 5. The van der Waals surface area contributed by atoms with Gasteiger partial charge in [0.2, 0.25) is 11.7 Å². The average Bonchev–Trinajstić information content (AvgIpc) is 3.37. The first-order valence-electron chi connectivity index (χ1n) is 10.5. The van der Waals surface area contributed by atoms with Gasteiger partial charge in [-0.05, 0) is 37.5 Å². The third-order valence-electron chi connectivity index (χ3n) is 5.23. The maximum atomic E-state index is 14.4. The molecule has 1 aliphatic heterocycles. The summed E-state index contributed by atoms with van der Waals surface area (Å²) in [4.78, 5) is 6.13. The number of aromatic nitrogens is 2. The van der Waals surface area contributed by atoms with Gasteiger partial charge in [-0.15, -0.1) is 12.4 Å². The lowest BCUT2D eigenvalue weighted by atomic mass is 10.1. The molecule has 0 unspecified atom stereocenters. The fraction of sp³-hybridized carbons (Fsp3) is 0.571. The van der Waals surface area contributed by atoms with Crippen LogP contribution in [0.5, 0.6) is 5.75 Å². The van der Waals surface area contributed by atoms with Gasteiger partial charge >= 0.3 is 0 Å². The number of halogens is 2. The van der Waals surface area contributed by atoms with E-state index in [1.807, 2.05) is 0 Å². The topological polar surface area (TPSA) is 101 Å². The number of unbranched alkanes of at least 4 members (excludes halogenated alkanes) is 5. The van der Waals surface area contributed by atoms with E-state index >= 15 is 0 Å². The minimum atomic E-state index is -0.439. The molecule has 0 bridgehead atoms. The third-order valence-corrected chi connectivity index (χ3v) is 5.23. The van der Waals surface area contributed by atoms with Gasteiger partial charge in [0.15, 0.2) is 17.5 Å². The van der Waals surface area contributed by atoms with Gasteiger partial charge < -0.3 is 19.9 Å². The number of likely N-dealkylation sites (tertiary alicyclic amines) is 1. The van der Waals surface area contributed by atoms with E-state index in [1.165, 1.54) is 31.7 Å². The second-order valence-corrected chi connectivity index (χ2v) is 7.45. The first-order chi connectivity index (χ1) is 14.1. The molecule has 1 saturated heterocycles. The zero-order valence-corrected chi connectivity index (χ0v) is 18.2. The average molecular weight is 440 g/mol. The zero-order valence-electron chi connectivity index (χ0n) is 17.4. The van der Waals surface area contributed by atoms with Crippen molar-refractivity contribution >= 4 is 18.4 Å². The standard InChI is InChI=1S/C21H30FN5O2.ClH/c1-2-3-4-5-6-7-13-28-18-11-10-15(14-16(18)22)19-25-20(29-26-19)17-9-8-12-27(17)21(23)24;/h10-11,14,17H,2-9,12-13H2,1H3,(H3,23,24);1H/t17-;/m0./s1. The predicted molar refractivity (Wildman–Crippen MR) is 116 cm³/mol. The lowest BCUT2D eigenvalue weighted by Gasteiger charge is -2.21. The molecule has 1 aliphatic rings. The number of nitrogens with one attached hydrogen (secondary N) is 1. The second-order valence-electron chi connectivity index (χ2n) is 7.45. The molecule has 1 aromatic heterocycles. The molecule has 9 heteroatoms. The molecule has 0 amide bonds. The van der Waals surface area contributed by atoms with Crippen LogP contribution in [-0.2, 0) is 0 Å². The van der Waals surface area contributed by atoms with Crippen molar-refractivity contribution in [2.24, 2.45) is 5.73 Å². The molecular weight excluding hydrogens is 409 g/mol. The molecule has 3 rings (SSSR count). The molecule has 7 nitrogen and oxygen atoms in total. The van der Waals surface area contributed by atoms with Crippen molar-refractivity contribution in [1.29, 1.82) is 5.41 Å². The van der Waals surface area contributed by atoms with Crippen molar-refractivity contribution < 1.29 is 13.7 Å². The Morgan fingerprint density at radius 3 is 2.80 bits per heavy atom. The molecule has 1 fully saturated rings. The highest BCUT2D eigenvalue weighted by atomic mass is 35.5. The van der Waals surface area contributed by atoms with E-state index in [0.29, 0.717) is 30.4 Å². The van der Waals surface area contributed by atoms with Gasteiger partial charge in [0.25, 0.3) is 0 Å². The van der Waals surface area contributed by atoms with Crippen LogP contribution in [0.2, 0.25) is 0 Å². The van der Waals surface area contributed by atoms with Crippen molar-refractivity contribution in [1.82, 2.24) is 15.0 Å². The van der Waals surface area contributed by atoms with Crippen molar-refractivity contribution in [3.8, 4) is 17.1 Å². The maximum absolute atomic E-state index is 14.4. The molecule has 30 heavy (non-hydrogen) atoms. The molecule has 0 spiro atoms. The van der Waals surface area contributed by atoms with Gasteiger partial charge in [-0.2, -0.15) is 4.98 Å². The van der Waals surface area contributed by atoms with Crippen molar-refractivity contribution in [2.45, 2.75) is 64.3 Å². The summed E-state index contributed by atoms with van der Waals surface area (Å²) < 4.78 is 25.4. The molecule has 0 radical (unpaired) electrons. The molecule has 0 saturated carbocycles. The Kier molecular flexibility index (Phi) is 9.36. The van der Waals surface area contributed by atoms with Crippen LogP contribution in [0.3, 0.4) is 0 Å². The van der Waals surface area contributed by atoms with Crippen LogP contribution < -0.4 is 10.5 Å². The van der Waals surface area contributed by atoms with Crippen molar-refractivity contribution in [3.05, 3.63) is 29.9 Å². The smallest absolute Gasteiger partial charge is 0.249 e. The van der Waals surface area contributed by atoms with Crippen LogP contribution in [0.15, 0.2) is 22.7 Å². The van der Waals surface area contributed by atoms with Crippen molar-refractivity contribution in [2.75, 3.05) is 13.2 Å². The lowest BCUT2D eigenvalue weighted by molar-refractivity contribution is 0.283. The van der Waals surface area contributed by atoms with Gasteiger partial charge in [0.1, 0.15) is 6.04 Å². The van der Waals surface area contributed by atoms with E-state index in [9.17, 15) is 4.39 Å². The Balaban J connectivity index is 0.00000320. The van der Waals surface area contributed by atoms with Crippen LogP contribution in [-0.4, -0.2) is 34.2 Å². The van der Waals surface area contributed by atoms with E-state index in [2.05, 4.69) is 17.1 Å². The largest absolute Gasteiger partial charge is 0.491 e. The molecular formula is C21H31ClFN5O2. The van der Waals surface area contributed by atoms with Gasteiger partial charge in [-0.1, -0.05) is 44.2 Å². The first kappa shape index (κ1) is 23.9. The van der Waals surface area contributed by atoms with Crippen LogP contribution >= 0.6 is 12.4 Å². The van der Waals surface area contributed by atoms with Gasteiger partial charge in [0, 0.05) is 12.1 Å². The third kappa shape index (κ3) is 6.08. The second kappa shape index (κ2) is 11.7. The van der Waals surface area contributed by atoms with E-state index in [-0.39, 0.29) is 30.2 Å². The monoisotopic (exact) mass is 439 g/mol. The van der Waals surface area contributed by atoms with Gasteiger partial charge in [-0.25, -0.2) is 4.39 Å². The Hall–Kier alpha value is -2.35. The highest BCUT2D eigenvalue weighted by molar-refractivity contribution is 5.85. The summed E-state index contributed by atoms with van der Waals surface area (Å²) in [6.07, 6.45) is 8.66. The quantitative estimate of drug-likeness (QED) is 0.304. The summed E-state index contributed by atoms with van der Waals surface area (Å²) >= 11 is 0. The van der Waals surface area contributed by atoms with Crippen molar-refractivity contribution in [3.63, 3.8) is 0 Å². The van der Waals surface area contributed by atoms with Gasteiger partial charge in [-0.3, -0.25) is 5.41 Å². The SMILES string of the molecule is CCCCCCCCOc1ccc(-c2noc([C@@H]3CCCN3C(=N)N)n2)cc1F.Cl.